The van der Waals surface area contributed by atoms with E-state index in [-0.39, 0.29) is 6.54 Å². The molecule has 0 saturated carbocycles. The third-order valence-corrected chi connectivity index (χ3v) is 3.69. The van der Waals surface area contributed by atoms with E-state index in [0.29, 0.717) is 25.1 Å². The van der Waals surface area contributed by atoms with Gasteiger partial charge in [-0.3, -0.25) is 4.79 Å². The molecule has 0 aliphatic carbocycles. The molecular weight excluding hydrogens is 246 g/mol. The standard InChI is InChI=1S/C14H17NO4/c1-2-14(12(16)17)8-9-15(10-14)13(18)19-11-6-4-3-5-7-11/h3-7H,2,8-10H2,1H3,(H,16,17). The lowest BCUT2D eigenvalue weighted by Gasteiger charge is -2.22. The molecule has 2 rings (SSSR count). The molecule has 0 aromatic heterocycles. The summed E-state index contributed by atoms with van der Waals surface area (Å²) < 4.78 is 5.21. The molecule has 102 valence electrons. The number of para-hydroxylation sites is 1. The van der Waals surface area contributed by atoms with Crippen molar-refractivity contribution in [3.05, 3.63) is 30.3 Å². The number of ether oxygens (including phenoxy) is 1. The first-order chi connectivity index (χ1) is 9.07. The van der Waals surface area contributed by atoms with Gasteiger partial charge in [-0.05, 0) is 25.0 Å². The Kier molecular flexibility index (Phi) is 3.74. The van der Waals surface area contributed by atoms with E-state index >= 15 is 0 Å². The third kappa shape index (κ3) is 2.70. The maximum absolute atomic E-state index is 12.0. The number of carbonyl (C=O) groups is 2. The minimum Gasteiger partial charge on any atom is -0.481 e. The molecule has 1 N–H and O–H groups in total. The molecular formula is C14H17NO4. The first-order valence-electron chi connectivity index (χ1n) is 6.32. The molecule has 1 saturated heterocycles. The molecule has 1 aliphatic rings. The van der Waals surface area contributed by atoms with Crippen LogP contribution in [0.2, 0.25) is 0 Å². The monoisotopic (exact) mass is 263 g/mol. The molecule has 19 heavy (non-hydrogen) atoms. The summed E-state index contributed by atoms with van der Waals surface area (Å²) in [5.74, 6) is -0.373. The topological polar surface area (TPSA) is 66.8 Å². The Morgan fingerprint density at radius 2 is 2.05 bits per heavy atom. The lowest BCUT2D eigenvalue weighted by molar-refractivity contribution is -0.148. The SMILES string of the molecule is CCC1(C(=O)O)CCN(C(=O)Oc2ccccc2)C1. The van der Waals surface area contributed by atoms with E-state index < -0.39 is 17.5 Å². The van der Waals surface area contributed by atoms with E-state index in [0.717, 1.165) is 0 Å². The van der Waals surface area contributed by atoms with Crippen molar-refractivity contribution in [2.75, 3.05) is 13.1 Å². The highest BCUT2D eigenvalue weighted by molar-refractivity contribution is 5.78. The maximum Gasteiger partial charge on any atom is 0.415 e. The molecule has 1 atom stereocenters. The maximum atomic E-state index is 12.0. The van der Waals surface area contributed by atoms with Crippen LogP contribution in [-0.4, -0.2) is 35.2 Å². The summed E-state index contributed by atoms with van der Waals surface area (Å²) in [5, 5.41) is 9.27. The Bertz CT molecular complexity index is 474. The van der Waals surface area contributed by atoms with Gasteiger partial charge in [0.1, 0.15) is 5.75 Å². The van der Waals surface area contributed by atoms with Crippen molar-refractivity contribution in [3.8, 4) is 5.75 Å². The number of carbonyl (C=O) groups excluding carboxylic acids is 1. The molecule has 5 nitrogen and oxygen atoms in total. The number of benzene rings is 1. The van der Waals surface area contributed by atoms with E-state index in [1.807, 2.05) is 13.0 Å². The van der Waals surface area contributed by atoms with Crippen LogP contribution >= 0.6 is 0 Å². The van der Waals surface area contributed by atoms with Crippen LogP contribution in [0.3, 0.4) is 0 Å². The van der Waals surface area contributed by atoms with Crippen molar-refractivity contribution in [3.63, 3.8) is 0 Å². The molecule has 5 heteroatoms. The molecule has 0 radical (unpaired) electrons. The summed E-state index contributed by atoms with van der Waals surface area (Å²) >= 11 is 0. The molecule has 1 aromatic carbocycles. The van der Waals surface area contributed by atoms with Gasteiger partial charge in [-0.25, -0.2) is 4.79 Å². The number of carboxylic acids is 1. The molecule has 0 bridgehead atoms. The van der Waals surface area contributed by atoms with Crippen LogP contribution in [0.1, 0.15) is 19.8 Å². The first kappa shape index (κ1) is 13.4. The van der Waals surface area contributed by atoms with E-state index in [1.54, 1.807) is 24.3 Å². The number of likely N-dealkylation sites (tertiary alicyclic amines) is 1. The fourth-order valence-corrected chi connectivity index (χ4v) is 2.30. The van der Waals surface area contributed by atoms with Crippen LogP contribution in [-0.2, 0) is 4.79 Å². The third-order valence-electron chi connectivity index (χ3n) is 3.69. The zero-order chi connectivity index (χ0) is 13.9. The smallest absolute Gasteiger partial charge is 0.415 e. The number of nitrogens with zero attached hydrogens (tertiary/aromatic N) is 1. The van der Waals surface area contributed by atoms with Gasteiger partial charge in [0.25, 0.3) is 0 Å². The second-order valence-corrected chi connectivity index (χ2v) is 4.79. The molecule has 1 unspecified atom stereocenters. The van der Waals surface area contributed by atoms with Crippen LogP contribution in [0.15, 0.2) is 30.3 Å². The molecule has 1 aromatic rings. The van der Waals surface area contributed by atoms with Crippen LogP contribution < -0.4 is 4.74 Å². The van der Waals surface area contributed by atoms with Gasteiger partial charge in [-0.15, -0.1) is 0 Å². The average Bonchev–Trinajstić information content (AvgIpc) is 2.86. The van der Waals surface area contributed by atoms with Gasteiger partial charge in [-0.2, -0.15) is 0 Å². The predicted molar refractivity (Wildman–Crippen MR) is 69.0 cm³/mol. The highest BCUT2D eigenvalue weighted by atomic mass is 16.6. The van der Waals surface area contributed by atoms with E-state index in [4.69, 9.17) is 4.74 Å². The Morgan fingerprint density at radius 1 is 1.37 bits per heavy atom. The van der Waals surface area contributed by atoms with Crippen molar-refractivity contribution in [1.82, 2.24) is 4.90 Å². The number of rotatable bonds is 3. The van der Waals surface area contributed by atoms with E-state index in [2.05, 4.69) is 0 Å². The summed E-state index contributed by atoms with van der Waals surface area (Å²) in [7, 11) is 0. The Morgan fingerprint density at radius 3 is 2.58 bits per heavy atom. The van der Waals surface area contributed by atoms with Crippen molar-refractivity contribution in [2.24, 2.45) is 5.41 Å². The van der Waals surface area contributed by atoms with Gasteiger partial charge < -0.3 is 14.7 Å². The number of hydrogen-bond acceptors (Lipinski definition) is 3. The summed E-state index contributed by atoms with van der Waals surface area (Å²) in [6.45, 7) is 2.47. The van der Waals surface area contributed by atoms with Crippen LogP contribution in [0.4, 0.5) is 4.79 Å². The molecule has 1 heterocycles. The fourth-order valence-electron chi connectivity index (χ4n) is 2.30. The highest BCUT2D eigenvalue weighted by Gasteiger charge is 2.45. The Labute approximate surface area is 111 Å². The minimum absolute atomic E-state index is 0.213. The number of carboxylic acid groups (broad SMARTS) is 1. The highest BCUT2D eigenvalue weighted by Crippen LogP contribution is 2.34. The first-order valence-corrected chi connectivity index (χ1v) is 6.32. The number of aliphatic carboxylic acids is 1. The summed E-state index contributed by atoms with van der Waals surface area (Å²) in [4.78, 5) is 24.7. The molecule has 1 amide bonds. The lowest BCUT2D eigenvalue weighted by atomic mass is 9.84. The zero-order valence-corrected chi connectivity index (χ0v) is 10.8. The minimum atomic E-state index is -0.843. The van der Waals surface area contributed by atoms with Gasteiger partial charge in [0.15, 0.2) is 0 Å². The van der Waals surface area contributed by atoms with Crippen LogP contribution in [0.25, 0.3) is 0 Å². The quantitative estimate of drug-likeness (QED) is 0.909. The molecule has 1 aliphatic heterocycles. The normalized spacial score (nSPS) is 22.3. The predicted octanol–water partition coefficient (Wildman–Crippen LogP) is 2.37. The van der Waals surface area contributed by atoms with Crippen molar-refractivity contribution < 1.29 is 19.4 Å². The average molecular weight is 263 g/mol. The summed E-state index contributed by atoms with van der Waals surface area (Å²) in [6.07, 6.45) is 0.503. The molecule has 0 spiro atoms. The van der Waals surface area contributed by atoms with Crippen molar-refractivity contribution in [1.29, 1.82) is 0 Å². The van der Waals surface area contributed by atoms with Gasteiger partial charge >= 0.3 is 12.1 Å². The van der Waals surface area contributed by atoms with Gasteiger partial charge in [-0.1, -0.05) is 25.1 Å². The van der Waals surface area contributed by atoms with Crippen molar-refractivity contribution >= 4 is 12.1 Å². The zero-order valence-electron chi connectivity index (χ0n) is 10.8. The van der Waals surface area contributed by atoms with E-state index in [9.17, 15) is 14.7 Å². The fraction of sp³-hybridized carbons (Fsp3) is 0.429. The Hall–Kier alpha value is -2.04. The second kappa shape index (κ2) is 5.30. The van der Waals surface area contributed by atoms with Gasteiger partial charge in [0, 0.05) is 13.1 Å². The second-order valence-electron chi connectivity index (χ2n) is 4.79. The lowest BCUT2D eigenvalue weighted by Crippen LogP contribution is -2.37. The number of amides is 1. The van der Waals surface area contributed by atoms with Gasteiger partial charge in [0.05, 0.1) is 5.41 Å². The van der Waals surface area contributed by atoms with Gasteiger partial charge in [0.2, 0.25) is 0 Å². The summed E-state index contributed by atoms with van der Waals surface area (Å²) in [6, 6.07) is 8.77. The van der Waals surface area contributed by atoms with Crippen LogP contribution in [0.5, 0.6) is 5.75 Å². The Balaban J connectivity index is 2.01. The van der Waals surface area contributed by atoms with Crippen molar-refractivity contribution in [2.45, 2.75) is 19.8 Å². The van der Waals surface area contributed by atoms with E-state index in [1.165, 1.54) is 4.90 Å². The number of hydrogen-bond donors (Lipinski definition) is 1. The molecule has 1 fully saturated rings. The largest absolute Gasteiger partial charge is 0.481 e. The van der Waals surface area contributed by atoms with Crippen LogP contribution in [0, 0.1) is 5.41 Å². The summed E-state index contributed by atoms with van der Waals surface area (Å²) in [5.41, 5.74) is -0.824.